The van der Waals surface area contributed by atoms with Gasteiger partial charge in [-0.3, -0.25) is 0 Å². The molecule has 0 amide bonds. The number of thiazole rings is 1. The van der Waals surface area contributed by atoms with E-state index in [1.807, 2.05) is 12.3 Å². The second kappa shape index (κ2) is 5.19. The number of nitrogen functional groups attached to an aromatic ring is 1. The molecule has 0 unspecified atom stereocenters. The molecular weight excluding hydrogens is 232 g/mol. The van der Waals surface area contributed by atoms with Crippen LogP contribution in [-0.2, 0) is 12.8 Å². The Morgan fingerprint density at radius 2 is 2.18 bits per heavy atom. The summed E-state index contributed by atoms with van der Waals surface area (Å²) in [5, 5.41) is 0.644. The van der Waals surface area contributed by atoms with E-state index in [1.165, 1.54) is 16.0 Å². The Kier molecular flexibility index (Phi) is 3.64. The van der Waals surface area contributed by atoms with Crippen LogP contribution < -0.4 is 10.5 Å². The number of benzene rings is 1. The molecule has 0 spiro atoms. The van der Waals surface area contributed by atoms with Gasteiger partial charge in [-0.25, -0.2) is 4.98 Å². The summed E-state index contributed by atoms with van der Waals surface area (Å²) in [5.74, 6) is 0.941. The third kappa shape index (κ3) is 2.97. The zero-order valence-corrected chi connectivity index (χ0v) is 10.9. The maximum atomic E-state index is 5.60. The predicted octanol–water partition coefficient (Wildman–Crippen LogP) is 2.83. The quantitative estimate of drug-likeness (QED) is 0.905. The van der Waals surface area contributed by atoms with E-state index in [0.717, 1.165) is 18.6 Å². The van der Waals surface area contributed by atoms with Crippen molar-refractivity contribution in [2.24, 2.45) is 0 Å². The maximum absolute atomic E-state index is 5.60. The highest BCUT2D eigenvalue weighted by Crippen LogP contribution is 2.21. The molecule has 2 aromatic rings. The van der Waals surface area contributed by atoms with Gasteiger partial charge in [0.05, 0.1) is 7.11 Å². The number of anilines is 1. The van der Waals surface area contributed by atoms with Gasteiger partial charge in [0.15, 0.2) is 5.13 Å². The number of nitrogens with zero attached hydrogens (tertiary/aromatic N) is 1. The molecule has 1 aromatic heterocycles. The smallest absolute Gasteiger partial charge is 0.180 e. The van der Waals surface area contributed by atoms with Gasteiger partial charge in [-0.15, -0.1) is 11.3 Å². The number of ether oxygens (including phenoxy) is 1. The Bertz CT molecular complexity index is 508. The Balaban J connectivity index is 2.02. The molecule has 3 nitrogen and oxygen atoms in total. The van der Waals surface area contributed by atoms with Crippen molar-refractivity contribution in [3.05, 3.63) is 40.4 Å². The van der Waals surface area contributed by atoms with Gasteiger partial charge < -0.3 is 10.5 Å². The largest absolute Gasteiger partial charge is 0.496 e. The van der Waals surface area contributed by atoms with Crippen LogP contribution in [0.2, 0.25) is 0 Å². The molecule has 0 aliphatic carbocycles. The third-order valence-corrected chi connectivity index (χ3v) is 3.58. The van der Waals surface area contributed by atoms with Crippen LogP contribution in [-0.4, -0.2) is 12.1 Å². The minimum atomic E-state index is 0.644. The average Bonchev–Trinajstić information content (AvgIpc) is 2.73. The first kappa shape index (κ1) is 11.9. The standard InChI is InChI=1S/C13H16N2OS/c1-9-7-10(4-6-12(9)16-2)3-5-11-8-15-13(14)17-11/h4,6-8H,3,5H2,1-2H3,(H2,14,15). The summed E-state index contributed by atoms with van der Waals surface area (Å²) in [6.45, 7) is 2.06. The number of methoxy groups -OCH3 is 1. The highest BCUT2D eigenvalue weighted by Gasteiger charge is 2.02. The van der Waals surface area contributed by atoms with Crippen molar-refractivity contribution in [2.75, 3.05) is 12.8 Å². The van der Waals surface area contributed by atoms with Crippen molar-refractivity contribution in [1.82, 2.24) is 4.98 Å². The molecule has 1 heterocycles. The van der Waals surface area contributed by atoms with Crippen LogP contribution in [0.15, 0.2) is 24.4 Å². The van der Waals surface area contributed by atoms with Crippen molar-refractivity contribution in [3.8, 4) is 5.75 Å². The van der Waals surface area contributed by atoms with Gasteiger partial charge in [0.25, 0.3) is 0 Å². The van der Waals surface area contributed by atoms with E-state index >= 15 is 0 Å². The molecule has 2 rings (SSSR count). The number of aromatic nitrogens is 1. The SMILES string of the molecule is COc1ccc(CCc2cnc(N)s2)cc1C. The van der Waals surface area contributed by atoms with Crippen LogP contribution >= 0.6 is 11.3 Å². The van der Waals surface area contributed by atoms with E-state index in [4.69, 9.17) is 10.5 Å². The molecule has 4 heteroatoms. The molecule has 0 aliphatic rings. The van der Waals surface area contributed by atoms with Gasteiger partial charge in [0, 0.05) is 11.1 Å². The minimum absolute atomic E-state index is 0.644. The fourth-order valence-electron chi connectivity index (χ4n) is 1.80. The van der Waals surface area contributed by atoms with Crippen LogP contribution in [0.25, 0.3) is 0 Å². The van der Waals surface area contributed by atoms with Crippen molar-refractivity contribution in [1.29, 1.82) is 0 Å². The van der Waals surface area contributed by atoms with Crippen LogP contribution in [0, 0.1) is 6.92 Å². The van der Waals surface area contributed by atoms with Gasteiger partial charge in [-0.05, 0) is 37.0 Å². The summed E-state index contributed by atoms with van der Waals surface area (Å²) < 4.78 is 5.24. The van der Waals surface area contributed by atoms with E-state index in [0.29, 0.717) is 5.13 Å². The van der Waals surface area contributed by atoms with Gasteiger partial charge in [-0.2, -0.15) is 0 Å². The molecule has 17 heavy (non-hydrogen) atoms. The number of hydrogen-bond acceptors (Lipinski definition) is 4. The number of aryl methyl sites for hydroxylation is 3. The lowest BCUT2D eigenvalue weighted by atomic mass is 10.1. The fraction of sp³-hybridized carbons (Fsp3) is 0.308. The number of rotatable bonds is 4. The normalized spacial score (nSPS) is 10.5. The average molecular weight is 248 g/mol. The fourth-order valence-corrected chi connectivity index (χ4v) is 2.49. The van der Waals surface area contributed by atoms with Crippen molar-refractivity contribution >= 4 is 16.5 Å². The van der Waals surface area contributed by atoms with Gasteiger partial charge >= 0.3 is 0 Å². The van der Waals surface area contributed by atoms with Gasteiger partial charge in [-0.1, -0.05) is 12.1 Å². The lowest BCUT2D eigenvalue weighted by molar-refractivity contribution is 0.411. The van der Waals surface area contributed by atoms with Gasteiger partial charge in [0.2, 0.25) is 0 Å². The number of hydrogen-bond donors (Lipinski definition) is 1. The Hall–Kier alpha value is -1.55. The van der Waals surface area contributed by atoms with Crippen molar-refractivity contribution < 1.29 is 4.74 Å². The molecule has 90 valence electrons. The Labute approximate surface area is 105 Å². The lowest BCUT2D eigenvalue weighted by Crippen LogP contribution is -1.92. The van der Waals surface area contributed by atoms with Crippen LogP contribution in [0.3, 0.4) is 0 Å². The first-order valence-corrected chi connectivity index (χ1v) is 6.34. The zero-order valence-electron chi connectivity index (χ0n) is 10.1. The first-order valence-electron chi connectivity index (χ1n) is 5.52. The van der Waals surface area contributed by atoms with E-state index in [1.54, 1.807) is 18.4 Å². The molecule has 2 N–H and O–H groups in total. The molecule has 0 atom stereocenters. The summed E-state index contributed by atoms with van der Waals surface area (Å²) in [6.07, 6.45) is 3.85. The van der Waals surface area contributed by atoms with E-state index in [2.05, 4.69) is 24.0 Å². The van der Waals surface area contributed by atoms with Crippen LogP contribution in [0.5, 0.6) is 5.75 Å². The summed E-state index contributed by atoms with van der Waals surface area (Å²) >= 11 is 1.56. The number of nitrogens with two attached hydrogens (primary N) is 1. The Morgan fingerprint density at radius 1 is 1.35 bits per heavy atom. The molecule has 0 aliphatic heterocycles. The molecule has 0 radical (unpaired) electrons. The van der Waals surface area contributed by atoms with E-state index < -0.39 is 0 Å². The summed E-state index contributed by atoms with van der Waals surface area (Å²) in [5.41, 5.74) is 8.09. The molecule has 1 aromatic carbocycles. The second-order valence-corrected chi connectivity index (χ2v) is 5.12. The lowest BCUT2D eigenvalue weighted by Gasteiger charge is -2.06. The molecule has 0 fully saturated rings. The predicted molar refractivity (Wildman–Crippen MR) is 71.7 cm³/mol. The van der Waals surface area contributed by atoms with E-state index in [-0.39, 0.29) is 0 Å². The minimum Gasteiger partial charge on any atom is -0.496 e. The van der Waals surface area contributed by atoms with E-state index in [9.17, 15) is 0 Å². The Morgan fingerprint density at radius 3 is 2.76 bits per heavy atom. The summed E-state index contributed by atoms with van der Waals surface area (Å²) in [4.78, 5) is 5.28. The molecule has 0 saturated heterocycles. The zero-order chi connectivity index (χ0) is 12.3. The van der Waals surface area contributed by atoms with Gasteiger partial charge in [0.1, 0.15) is 5.75 Å². The highest BCUT2D eigenvalue weighted by atomic mass is 32.1. The summed E-state index contributed by atoms with van der Waals surface area (Å²) in [7, 11) is 1.70. The topological polar surface area (TPSA) is 48.1 Å². The molecular formula is C13H16N2OS. The summed E-state index contributed by atoms with van der Waals surface area (Å²) in [6, 6.07) is 6.30. The van der Waals surface area contributed by atoms with Crippen molar-refractivity contribution in [2.45, 2.75) is 19.8 Å². The third-order valence-electron chi connectivity index (χ3n) is 2.69. The first-order chi connectivity index (χ1) is 8.19. The van der Waals surface area contributed by atoms with Crippen LogP contribution in [0.4, 0.5) is 5.13 Å². The maximum Gasteiger partial charge on any atom is 0.180 e. The van der Waals surface area contributed by atoms with Crippen molar-refractivity contribution in [3.63, 3.8) is 0 Å². The second-order valence-electron chi connectivity index (χ2n) is 3.97. The molecule has 0 saturated carbocycles. The highest BCUT2D eigenvalue weighted by molar-refractivity contribution is 7.15. The van der Waals surface area contributed by atoms with Crippen LogP contribution in [0.1, 0.15) is 16.0 Å². The monoisotopic (exact) mass is 248 g/mol. The molecule has 0 bridgehead atoms.